The fourth-order valence-corrected chi connectivity index (χ4v) is 2.71. The number of aliphatic hydroxyl groups excluding tert-OH is 1. The molecule has 0 unspecified atom stereocenters. The maximum absolute atomic E-state index is 10.1. The summed E-state index contributed by atoms with van der Waals surface area (Å²) < 4.78 is 11.0. The summed E-state index contributed by atoms with van der Waals surface area (Å²) >= 11 is 0. The second kappa shape index (κ2) is 7.78. The number of benzene rings is 1. The summed E-state index contributed by atoms with van der Waals surface area (Å²) in [5.74, 6) is 1.35. The second-order valence-corrected chi connectivity index (χ2v) is 6.05. The lowest BCUT2D eigenvalue weighted by molar-refractivity contribution is 0.00465. The topological polar surface area (TPSA) is 41.9 Å². The van der Waals surface area contributed by atoms with Gasteiger partial charge >= 0.3 is 0 Å². The molecule has 0 saturated carbocycles. The molecule has 4 nitrogen and oxygen atoms in total. The van der Waals surface area contributed by atoms with Crippen LogP contribution in [0.2, 0.25) is 0 Å². The highest BCUT2D eigenvalue weighted by atomic mass is 16.5. The predicted molar refractivity (Wildman–Crippen MR) is 84.0 cm³/mol. The Kier molecular flexibility index (Phi) is 6.03. The van der Waals surface area contributed by atoms with E-state index in [1.54, 1.807) is 0 Å². The fraction of sp³-hybridized carbons (Fsp3) is 0.647. The van der Waals surface area contributed by atoms with Crippen LogP contribution in [0, 0.1) is 6.92 Å². The van der Waals surface area contributed by atoms with Gasteiger partial charge in [-0.25, -0.2) is 0 Å². The van der Waals surface area contributed by atoms with Gasteiger partial charge in [-0.2, -0.15) is 0 Å². The number of morpholine rings is 1. The fourth-order valence-electron chi connectivity index (χ4n) is 2.71. The van der Waals surface area contributed by atoms with Crippen LogP contribution in [-0.4, -0.2) is 55.6 Å². The van der Waals surface area contributed by atoms with E-state index in [-0.39, 0.29) is 0 Å². The lowest BCUT2D eigenvalue weighted by atomic mass is 9.98. The number of ether oxygens (including phenoxy) is 2. The number of nitrogens with zero attached hydrogens (tertiary/aromatic N) is 1. The second-order valence-electron chi connectivity index (χ2n) is 6.05. The molecule has 1 saturated heterocycles. The summed E-state index contributed by atoms with van der Waals surface area (Å²) in [6.07, 6.45) is -0.465. The molecule has 0 spiro atoms. The van der Waals surface area contributed by atoms with Gasteiger partial charge in [0.05, 0.1) is 13.2 Å². The monoisotopic (exact) mass is 293 g/mol. The molecule has 1 fully saturated rings. The molecule has 1 aliphatic rings. The molecule has 1 aromatic rings. The third-order valence-corrected chi connectivity index (χ3v) is 3.88. The number of rotatable bonds is 6. The molecule has 1 N–H and O–H groups in total. The first-order chi connectivity index (χ1) is 10.1. The van der Waals surface area contributed by atoms with Crippen LogP contribution in [0.1, 0.15) is 30.9 Å². The van der Waals surface area contributed by atoms with Crippen LogP contribution in [0.25, 0.3) is 0 Å². The third kappa shape index (κ3) is 4.99. The number of hydrogen-bond acceptors (Lipinski definition) is 4. The third-order valence-electron chi connectivity index (χ3n) is 3.88. The molecule has 4 heteroatoms. The summed E-state index contributed by atoms with van der Waals surface area (Å²) in [5.41, 5.74) is 2.58. The standard InChI is InChI=1S/C17H27NO3/c1-13(2)17-5-4-16(10-14(17)3)21-12-15(19)11-18-6-8-20-9-7-18/h4-5,10,13,15,19H,6-9,11-12H2,1-3H3/t15-/m0/s1. The quantitative estimate of drug-likeness (QED) is 0.873. The van der Waals surface area contributed by atoms with Crippen LogP contribution in [0.3, 0.4) is 0 Å². The summed E-state index contributed by atoms with van der Waals surface area (Å²) in [6.45, 7) is 10.7. The molecule has 118 valence electrons. The van der Waals surface area contributed by atoms with Gasteiger partial charge in [0.25, 0.3) is 0 Å². The molecule has 0 amide bonds. The molecule has 0 bridgehead atoms. The van der Waals surface area contributed by atoms with E-state index < -0.39 is 6.10 Å². The molecule has 1 aromatic carbocycles. The van der Waals surface area contributed by atoms with Crippen LogP contribution in [0.4, 0.5) is 0 Å². The highest BCUT2D eigenvalue weighted by Gasteiger charge is 2.15. The lowest BCUT2D eigenvalue weighted by Gasteiger charge is -2.28. The molecular weight excluding hydrogens is 266 g/mol. The Morgan fingerprint density at radius 2 is 2.00 bits per heavy atom. The van der Waals surface area contributed by atoms with Crippen molar-refractivity contribution in [1.29, 1.82) is 0 Å². The molecule has 0 aromatic heterocycles. The Balaban J connectivity index is 1.80. The van der Waals surface area contributed by atoms with E-state index in [1.165, 1.54) is 11.1 Å². The minimum absolute atomic E-state index is 0.331. The molecule has 1 heterocycles. The predicted octanol–water partition coefficient (Wildman–Crippen LogP) is 2.19. The zero-order chi connectivity index (χ0) is 15.2. The van der Waals surface area contributed by atoms with E-state index in [2.05, 4.69) is 37.8 Å². The smallest absolute Gasteiger partial charge is 0.119 e. The van der Waals surface area contributed by atoms with Crippen molar-refractivity contribution in [3.8, 4) is 5.75 Å². The van der Waals surface area contributed by atoms with Crippen LogP contribution in [-0.2, 0) is 4.74 Å². The maximum Gasteiger partial charge on any atom is 0.119 e. The van der Waals surface area contributed by atoms with Gasteiger partial charge in [-0.15, -0.1) is 0 Å². The number of hydrogen-bond donors (Lipinski definition) is 1. The van der Waals surface area contributed by atoms with E-state index in [4.69, 9.17) is 9.47 Å². The molecule has 21 heavy (non-hydrogen) atoms. The number of aliphatic hydroxyl groups is 1. The molecular formula is C17H27NO3. The maximum atomic E-state index is 10.1. The van der Waals surface area contributed by atoms with Crippen molar-refractivity contribution in [2.45, 2.75) is 32.8 Å². The molecule has 2 rings (SSSR count). The van der Waals surface area contributed by atoms with E-state index in [0.717, 1.165) is 32.1 Å². The van der Waals surface area contributed by atoms with E-state index >= 15 is 0 Å². The van der Waals surface area contributed by atoms with Crippen molar-refractivity contribution in [3.63, 3.8) is 0 Å². The first-order valence-electron chi connectivity index (χ1n) is 7.77. The minimum atomic E-state index is -0.465. The first-order valence-corrected chi connectivity index (χ1v) is 7.77. The van der Waals surface area contributed by atoms with Crippen LogP contribution in [0.15, 0.2) is 18.2 Å². The zero-order valence-corrected chi connectivity index (χ0v) is 13.3. The summed E-state index contributed by atoms with van der Waals surface area (Å²) in [7, 11) is 0. The Morgan fingerprint density at radius 3 is 2.62 bits per heavy atom. The van der Waals surface area contributed by atoms with Crippen LogP contribution >= 0.6 is 0 Å². The lowest BCUT2D eigenvalue weighted by Crippen LogP contribution is -2.42. The first kappa shape index (κ1) is 16.3. The SMILES string of the molecule is Cc1cc(OC[C@@H](O)CN2CCOCC2)ccc1C(C)C. The van der Waals surface area contributed by atoms with Gasteiger partial charge in [0.1, 0.15) is 18.5 Å². The van der Waals surface area contributed by atoms with Crippen molar-refractivity contribution in [3.05, 3.63) is 29.3 Å². The van der Waals surface area contributed by atoms with Gasteiger partial charge in [0, 0.05) is 19.6 Å². The van der Waals surface area contributed by atoms with Crippen molar-refractivity contribution in [2.24, 2.45) is 0 Å². The molecule has 0 aliphatic carbocycles. The highest BCUT2D eigenvalue weighted by molar-refractivity contribution is 5.36. The molecule has 1 atom stereocenters. The van der Waals surface area contributed by atoms with Gasteiger partial charge in [-0.1, -0.05) is 19.9 Å². The highest BCUT2D eigenvalue weighted by Crippen LogP contribution is 2.23. The van der Waals surface area contributed by atoms with Gasteiger partial charge in [0.2, 0.25) is 0 Å². The Morgan fingerprint density at radius 1 is 1.29 bits per heavy atom. The van der Waals surface area contributed by atoms with Gasteiger partial charge < -0.3 is 14.6 Å². The van der Waals surface area contributed by atoms with E-state index in [0.29, 0.717) is 19.1 Å². The average molecular weight is 293 g/mol. The summed E-state index contributed by atoms with van der Waals surface area (Å²) in [6, 6.07) is 6.16. The van der Waals surface area contributed by atoms with Gasteiger partial charge in [0.15, 0.2) is 0 Å². The normalized spacial score (nSPS) is 18.0. The van der Waals surface area contributed by atoms with E-state index in [1.807, 2.05) is 6.07 Å². The Labute approximate surface area is 127 Å². The molecule has 1 aliphatic heterocycles. The van der Waals surface area contributed by atoms with Crippen molar-refractivity contribution in [2.75, 3.05) is 39.5 Å². The van der Waals surface area contributed by atoms with Gasteiger partial charge in [-0.3, -0.25) is 4.90 Å². The van der Waals surface area contributed by atoms with Crippen molar-refractivity contribution >= 4 is 0 Å². The summed E-state index contributed by atoms with van der Waals surface area (Å²) in [4.78, 5) is 2.21. The Bertz CT molecular complexity index is 442. The minimum Gasteiger partial charge on any atom is -0.491 e. The van der Waals surface area contributed by atoms with Crippen molar-refractivity contribution in [1.82, 2.24) is 4.90 Å². The summed E-state index contributed by atoms with van der Waals surface area (Å²) in [5, 5.41) is 10.1. The van der Waals surface area contributed by atoms with E-state index in [9.17, 15) is 5.11 Å². The van der Waals surface area contributed by atoms with Gasteiger partial charge in [-0.05, 0) is 36.1 Å². The number of β-amino-alcohol motifs (C(OH)–C–C–N with tert-alkyl or cyclic N) is 1. The van der Waals surface area contributed by atoms with Crippen molar-refractivity contribution < 1.29 is 14.6 Å². The zero-order valence-electron chi connectivity index (χ0n) is 13.3. The van der Waals surface area contributed by atoms with Crippen LogP contribution in [0.5, 0.6) is 5.75 Å². The largest absolute Gasteiger partial charge is 0.491 e. The number of aryl methyl sites for hydroxylation is 1. The van der Waals surface area contributed by atoms with Crippen LogP contribution < -0.4 is 4.74 Å². The molecule has 0 radical (unpaired) electrons. The Hall–Kier alpha value is -1.10. The average Bonchev–Trinajstić information content (AvgIpc) is 2.46.